The Kier molecular flexibility index (Phi) is 10.0. The summed E-state index contributed by atoms with van der Waals surface area (Å²) in [5.74, 6) is 1.08. The molecule has 0 atom stereocenters. The van der Waals surface area contributed by atoms with E-state index in [1.165, 1.54) is 50.9 Å². The van der Waals surface area contributed by atoms with Crippen molar-refractivity contribution < 1.29 is 14.3 Å². The van der Waals surface area contributed by atoms with E-state index in [1.807, 2.05) is 0 Å². The van der Waals surface area contributed by atoms with Crippen molar-refractivity contribution in [1.82, 2.24) is 15.2 Å². The summed E-state index contributed by atoms with van der Waals surface area (Å²) in [6, 6.07) is 14.1. The lowest BCUT2D eigenvalue weighted by Crippen LogP contribution is -2.08. The summed E-state index contributed by atoms with van der Waals surface area (Å²) in [5, 5.41) is 7.51. The normalized spacial score (nSPS) is 10.9. The average molecular weight is 447 g/mol. The number of hydrogen-bond acceptors (Lipinski definition) is 7. The second-order valence-corrected chi connectivity index (χ2v) is 7.65. The van der Waals surface area contributed by atoms with E-state index in [-0.39, 0.29) is 5.95 Å². The van der Waals surface area contributed by atoms with Crippen molar-refractivity contribution in [2.45, 2.75) is 51.9 Å². The van der Waals surface area contributed by atoms with E-state index in [2.05, 4.69) is 27.1 Å². The molecule has 33 heavy (non-hydrogen) atoms. The van der Waals surface area contributed by atoms with Crippen LogP contribution in [0.25, 0.3) is 0 Å². The third kappa shape index (κ3) is 8.80. The number of aromatic nitrogens is 3. The van der Waals surface area contributed by atoms with Gasteiger partial charge >= 0.3 is 5.97 Å². The minimum absolute atomic E-state index is 0.280. The molecule has 7 nitrogen and oxygen atoms in total. The van der Waals surface area contributed by atoms with Gasteiger partial charge < -0.3 is 9.47 Å². The minimum Gasteiger partial charge on any atom is -0.494 e. The lowest BCUT2D eigenvalue weighted by molar-refractivity contribution is 0.0734. The molecule has 1 heterocycles. The van der Waals surface area contributed by atoms with E-state index in [0.29, 0.717) is 17.9 Å². The number of benzene rings is 2. The fourth-order valence-electron chi connectivity index (χ4n) is 3.16. The molecule has 3 aromatic rings. The maximum Gasteiger partial charge on any atom is 0.343 e. The van der Waals surface area contributed by atoms with Gasteiger partial charge in [0, 0.05) is 6.21 Å². The van der Waals surface area contributed by atoms with Crippen molar-refractivity contribution in [3.05, 3.63) is 72.1 Å². The highest BCUT2D eigenvalue weighted by molar-refractivity contribution is 5.91. The lowest BCUT2D eigenvalue weighted by Gasteiger charge is -2.08. The molecular weight excluding hydrogens is 416 g/mol. The first-order chi connectivity index (χ1) is 16.2. The number of hydrogen-bond donors (Lipinski definition) is 0. The molecule has 0 N–H and O–H groups in total. The van der Waals surface area contributed by atoms with Gasteiger partial charge in [-0.25, -0.2) is 14.8 Å². The Morgan fingerprint density at radius 3 is 2.27 bits per heavy atom. The predicted octanol–water partition coefficient (Wildman–Crippen LogP) is 5.97. The largest absolute Gasteiger partial charge is 0.494 e. The number of nitrogens with zero attached hydrogens (tertiary/aromatic N) is 4. The maximum absolute atomic E-state index is 12.4. The second-order valence-electron chi connectivity index (χ2n) is 7.65. The van der Waals surface area contributed by atoms with Gasteiger partial charge in [-0.2, -0.15) is 5.10 Å². The molecule has 0 unspecified atom stereocenters. The highest BCUT2D eigenvalue weighted by Crippen LogP contribution is 2.17. The van der Waals surface area contributed by atoms with Gasteiger partial charge in [0.15, 0.2) is 0 Å². The van der Waals surface area contributed by atoms with Gasteiger partial charge in [-0.05, 0) is 60.5 Å². The molecule has 0 bridgehead atoms. The van der Waals surface area contributed by atoms with Crippen LogP contribution in [0.5, 0.6) is 11.5 Å². The molecule has 1 aromatic heterocycles. The zero-order valence-corrected chi connectivity index (χ0v) is 19.0. The zero-order valence-electron chi connectivity index (χ0n) is 19.0. The van der Waals surface area contributed by atoms with Crippen molar-refractivity contribution >= 4 is 18.1 Å². The maximum atomic E-state index is 12.4. The van der Waals surface area contributed by atoms with E-state index in [4.69, 9.17) is 9.47 Å². The van der Waals surface area contributed by atoms with E-state index >= 15 is 0 Å². The monoisotopic (exact) mass is 446 g/mol. The van der Waals surface area contributed by atoms with Crippen LogP contribution >= 0.6 is 0 Å². The first-order valence-corrected chi connectivity index (χ1v) is 11.5. The standard InChI is InChI=1S/C26H30N4O3/c1-2-3-4-5-6-7-8-19-32-23-15-11-22(12-16-23)25(31)33-24-13-9-21(10-14-24)20-28-26-27-17-18-29-30-26/h9-18,20H,2-8,19H2,1H3/b28-20+. The van der Waals surface area contributed by atoms with Crippen molar-refractivity contribution in [2.24, 2.45) is 4.99 Å². The zero-order chi connectivity index (χ0) is 23.1. The number of ether oxygens (including phenoxy) is 2. The molecule has 0 aliphatic heterocycles. The number of rotatable bonds is 13. The van der Waals surface area contributed by atoms with Crippen LogP contribution < -0.4 is 9.47 Å². The summed E-state index contributed by atoms with van der Waals surface area (Å²) in [4.78, 5) is 20.5. The summed E-state index contributed by atoms with van der Waals surface area (Å²) < 4.78 is 11.2. The van der Waals surface area contributed by atoms with Gasteiger partial charge in [0.2, 0.25) is 0 Å². The molecule has 0 amide bonds. The molecular formula is C26H30N4O3. The van der Waals surface area contributed by atoms with Crippen molar-refractivity contribution in [2.75, 3.05) is 6.61 Å². The van der Waals surface area contributed by atoms with Crippen molar-refractivity contribution in [1.29, 1.82) is 0 Å². The predicted molar refractivity (Wildman–Crippen MR) is 128 cm³/mol. The van der Waals surface area contributed by atoms with Gasteiger partial charge in [0.05, 0.1) is 24.6 Å². The van der Waals surface area contributed by atoms with Crippen LogP contribution in [-0.2, 0) is 0 Å². The third-order valence-corrected chi connectivity index (χ3v) is 5.00. The van der Waals surface area contributed by atoms with Crippen LogP contribution in [0.4, 0.5) is 5.95 Å². The van der Waals surface area contributed by atoms with Crippen LogP contribution in [-0.4, -0.2) is 34.0 Å². The summed E-state index contributed by atoms with van der Waals surface area (Å²) in [5.41, 5.74) is 1.29. The number of esters is 1. The van der Waals surface area contributed by atoms with E-state index in [9.17, 15) is 4.79 Å². The van der Waals surface area contributed by atoms with Crippen molar-refractivity contribution in [3.8, 4) is 11.5 Å². The molecule has 7 heteroatoms. The Labute approximate surface area is 194 Å². The SMILES string of the molecule is CCCCCCCCCOc1ccc(C(=O)Oc2ccc(/C=N/c3nccnn3)cc2)cc1. The first kappa shape index (κ1) is 24.0. The molecule has 0 radical (unpaired) electrons. The third-order valence-electron chi connectivity index (χ3n) is 5.00. The van der Waals surface area contributed by atoms with Crippen LogP contribution in [0.3, 0.4) is 0 Å². The van der Waals surface area contributed by atoms with Crippen LogP contribution in [0.1, 0.15) is 67.8 Å². The molecule has 172 valence electrons. The second kappa shape index (κ2) is 13.7. The Morgan fingerprint density at radius 1 is 0.879 bits per heavy atom. The summed E-state index contributed by atoms with van der Waals surface area (Å²) >= 11 is 0. The molecule has 2 aromatic carbocycles. The Hall–Kier alpha value is -3.61. The first-order valence-electron chi connectivity index (χ1n) is 11.5. The molecule has 0 aliphatic carbocycles. The van der Waals surface area contributed by atoms with Gasteiger partial charge in [-0.1, -0.05) is 45.4 Å². The Balaban J connectivity index is 1.40. The summed E-state index contributed by atoms with van der Waals surface area (Å²) in [6.07, 6.45) is 13.4. The fraction of sp³-hybridized carbons (Fsp3) is 0.346. The molecule has 0 saturated heterocycles. The van der Waals surface area contributed by atoms with Crippen molar-refractivity contribution in [3.63, 3.8) is 0 Å². The molecule has 0 aliphatic rings. The van der Waals surface area contributed by atoms with Crippen LogP contribution in [0.15, 0.2) is 65.9 Å². The van der Waals surface area contributed by atoms with Gasteiger partial charge in [-0.15, -0.1) is 5.10 Å². The van der Waals surface area contributed by atoms with Gasteiger partial charge in [0.1, 0.15) is 11.5 Å². The minimum atomic E-state index is -0.418. The average Bonchev–Trinajstić information content (AvgIpc) is 2.86. The van der Waals surface area contributed by atoms with E-state index in [0.717, 1.165) is 17.7 Å². The summed E-state index contributed by atoms with van der Waals surface area (Å²) in [7, 11) is 0. The Morgan fingerprint density at radius 2 is 1.58 bits per heavy atom. The van der Waals surface area contributed by atoms with Crippen LogP contribution in [0.2, 0.25) is 0 Å². The number of carbonyl (C=O) groups excluding carboxylic acids is 1. The molecule has 0 spiro atoms. The van der Waals surface area contributed by atoms with E-state index in [1.54, 1.807) is 54.7 Å². The number of aliphatic imine (C=N–C) groups is 1. The highest BCUT2D eigenvalue weighted by atomic mass is 16.5. The smallest absolute Gasteiger partial charge is 0.343 e. The molecule has 3 rings (SSSR count). The van der Waals surface area contributed by atoms with Gasteiger partial charge in [-0.3, -0.25) is 0 Å². The number of carbonyl (C=O) groups is 1. The highest BCUT2D eigenvalue weighted by Gasteiger charge is 2.09. The van der Waals surface area contributed by atoms with E-state index < -0.39 is 5.97 Å². The summed E-state index contributed by atoms with van der Waals surface area (Å²) in [6.45, 7) is 2.93. The molecule has 0 fully saturated rings. The lowest BCUT2D eigenvalue weighted by atomic mass is 10.1. The topological polar surface area (TPSA) is 86.6 Å². The van der Waals surface area contributed by atoms with Crippen LogP contribution in [0, 0.1) is 0 Å². The number of unbranched alkanes of at least 4 members (excludes halogenated alkanes) is 6. The molecule has 0 saturated carbocycles. The fourth-order valence-corrected chi connectivity index (χ4v) is 3.16. The van der Waals surface area contributed by atoms with Gasteiger partial charge in [0.25, 0.3) is 5.95 Å². The quantitative estimate of drug-likeness (QED) is 0.139. The Bertz CT molecular complexity index is 990.